The lowest BCUT2D eigenvalue weighted by molar-refractivity contribution is -0.165. The molecule has 0 amide bonds. The van der Waals surface area contributed by atoms with Crippen molar-refractivity contribution < 1.29 is 30.0 Å². The Morgan fingerprint density at radius 2 is 1.54 bits per heavy atom. The van der Waals surface area contributed by atoms with E-state index in [4.69, 9.17) is 32.0 Å². The van der Waals surface area contributed by atoms with Gasteiger partial charge in [0.05, 0.1) is 0 Å². The molecule has 1 aromatic carbocycles. The number of aliphatic carboxylic acids is 2. The van der Waals surface area contributed by atoms with Gasteiger partial charge < -0.3 is 25.7 Å². The van der Waals surface area contributed by atoms with Gasteiger partial charge >= 0.3 is 11.9 Å². The topological polar surface area (TPSA) is 127 Å². The van der Waals surface area contributed by atoms with E-state index in [1.54, 1.807) is 0 Å². The fraction of sp³-hybridized carbons (Fsp3) is 0.600. The number of hydrogen-bond donors (Lipinski definition) is 5. The third-order valence-electron chi connectivity index (χ3n) is 5.19. The lowest BCUT2D eigenvalue weighted by Crippen LogP contribution is -2.52. The summed E-state index contributed by atoms with van der Waals surface area (Å²) in [7, 11) is 2.10. The van der Waals surface area contributed by atoms with Gasteiger partial charge in [-0.25, -0.2) is 9.59 Å². The van der Waals surface area contributed by atoms with Gasteiger partial charge in [-0.05, 0) is 49.9 Å². The first-order chi connectivity index (χ1) is 13.0. The van der Waals surface area contributed by atoms with Crippen LogP contribution in [0.5, 0.6) is 0 Å². The maximum absolute atomic E-state index is 9.77. The largest absolute Gasteiger partial charge is 0.479 e. The van der Waals surface area contributed by atoms with E-state index >= 15 is 0 Å². The predicted octanol–water partition coefficient (Wildman–Crippen LogP) is 2.27. The summed E-state index contributed by atoms with van der Waals surface area (Å²) in [5, 5.41) is 36.9. The van der Waals surface area contributed by atoms with Gasteiger partial charge in [0.25, 0.3) is 0 Å². The van der Waals surface area contributed by atoms with Crippen LogP contribution in [-0.4, -0.2) is 57.7 Å². The average Bonchev–Trinajstić information content (AvgIpc) is 2.60. The lowest BCUT2D eigenvalue weighted by atomic mass is 9.59. The molecule has 1 aliphatic rings. The number of aliphatic hydroxyl groups is 2. The first-order valence-corrected chi connectivity index (χ1v) is 9.68. The second-order valence-corrected chi connectivity index (χ2v) is 7.99. The minimum absolute atomic E-state index is 0.337. The highest BCUT2D eigenvalue weighted by Gasteiger charge is 2.44. The summed E-state index contributed by atoms with van der Waals surface area (Å²) in [4.78, 5) is 19.5. The van der Waals surface area contributed by atoms with E-state index in [-0.39, 0.29) is 0 Å². The standard InChI is InChI=1S/C16H24ClN.C4H6O6/c1-12(2)11-15(18-3)16(9-4-10-16)13-5-7-14(17)8-6-13;5-1(3(7)8)2(6)4(9)10/h5-8,12,15,18H,4,9-11H2,1-3H3;1-2,5-6H,(H,7,8)(H,9,10)/t15-;/m1./s1. The molecule has 2 rings (SSSR count). The minimum Gasteiger partial charge on any atom is -0.479 e. The molecule has 0 aromatic heterocycles. The Balaban J connectivity index is 0.000000336. The molecule has 8 heteroatoms. The lowest BCUT2D eigenvalue weighted by Gasteiger charge is -2.49. The first kappa shape index (κ1) is 24.4. The number of hydrogen-bond acceptors (Lipinski definition) is 5. The van der Waals surface area contributed by atoms with Crippen LogP contribution in [0.15, 0.2) is 24.3 Å². The molecule has 1 aliphatic carbocycles. The fourth-order valence-corrected chi connectivity index (χ4v) is 3.67. The molecule has 0 spiro atoms. The molecule has 1 saturated carbocycles. The Bertz CT molecular complexity index is 627. The summed E-state index contributed by atoms with van der Waals surface area (Å²) in [6, 6.07) is 9.06. The van der Waals surface area contributed by atoms with Crippen molar-refractivity contribution in [1.29, 1.82) is 0 Å². The molecule has 0 saturated heterocycles. The molecule has 0 bridgehead atoms. The van der Waals surface area contributed by atoms with Gasteiger partial charge in [-0.1, -0.05) is 44.0 Å². The first-order valence-electron chi connectivity index (χ1n) is 9.30. The zero-order valence-corrected chi connectivity index (χ0v) is 17.2. The molecule has 1 aromatic rings. The third-order valence-corrected chi connectivity index (χ3v) is 5.44. The molecule has 5 N–H and O–H groups in total. The Morgan fingerprint density at radius 3 is 1.82 bits per heavy atom. The molecule has 0 heterocycles. The highest BCUT2D eigenvalue weighted by atomic mass is 35.5. The number of aliphatic hydroxyl groups excluding tert-OH is 2. The number of carbonyl (C=O) groups is 2. The van der Waals surface area contributed by atoms with Crippen molar-refractivity contribution in [3.05, 3.63) is 34.9 Å². The molecule has 1 fully saturated rings. The van der Waals surface area contributed by atoms with E-state index in [1.165, 1.54) is 31.2 Å². The van der Waals surface area contributed by atoms with Crippen LogP contribution in [0.2, 0.25) is 5.02 Å². The van der Waals surface area contributed by atoms with E-state index in [9.17, 15) is 9.59 Å². The molecular formula is C20H30ClNO6. The third kappa shape index (κ3) is 6.17. The summed E-state index contributed by atoms with van der Waals surface area (Å²) in [5.74, 6) is -2.81. The molecule has 3 atom stereocenters. The second kappa shape index (κ2) is 10.8. The normalized spacial score (nSPS) is 18.2. The van der Waals surface area contributed by atoms with Crippen molar-refractivity contribution in [1.82, 2.24) is 5.32 Å². The van der Waals surface area contributed by atoms with Gasteiger partial charge in [-0.2, -0.15) is 0 Å². The van der Waals surface area contributed by atoms with E-state index in [0.29, 0.717) is 11.5 Å². The maximum atomic E-state index is 9.77. The molecule has 2 unspecified atom stereocenters. The van der Waals surface area contributed by atoms with Gasteiger partial charge in [0.15, 0.2) is 12.2 Å². The SMILES string of the molecule is CN[C@H](CC(C)C)C1(c2ccc(Cl)cc2)CCC1.O=C(O)C(O)C(O)C(=O)O. The number of nitrogens with one attached hydrogen (secondary N) is 1. The van der Waals surface area contributed by atoms with E-state index < -0.39 is 24.1 Å². The van der Waals surface area contributed by atoms with Crippen LogP contribution < -0.4 is 5.32 Å². The Hall–Kier alpha value is -1.67. The number of carboxylic acids is 2. The quantitative estimate of drug-likeness (QED) is 0.440. The predicted molar refractivity (Wildman–Crippen MR) is 107 cm³/mol. The van der Waals surface area contributed by atoms with Crippen LogP contribution >= 0.6 is 11.6 Å². The summed E-state index contributed by atoms with van der Waals surface area (Å²) < 4.78 is 0. The van der Waals surface area contributed by atoms with E-state index in [1.807, 2.05) is 12.1 Å². The number of halogens is 1. The number of benzene rings is 1. The summed E-state index contributed by atoms with van der Waals surface area (Å²) in [5.41, 5.74) is 1.79. The smallest absolute Gasteiger partial charge is 0.335 e. The number of likely N-dealkylation sites (N-methyl/N-ethyl adjacent to an activating group) is 1. The molecule has 0 radical (unpaired) electrons. The molecular weight excluding hydrogens is 386 g/mol. The zero-order chi connectivity index (χ0) is 21.5. The van der Waals surface area contributed by atoms with Gasteiger partial charge in [0, 0.05) is 16.5 Å². The van der Waals surface area contributed by atoms with Gasteiger partial charge in [0.2, 0.25) is 0 Å². The highest BCUT2D eigenvalue weighted by molar-refractivity contribution is 6.30. The van der Waals surface area contributed by atoms with Crippen LogP contribution in [0, 0.1) is 5.92 Å². The van der Waals surface area contributed by atoms with Crippen molar-refractivity contribution in [3.63, 3.8) is 0 Å². The van der Waals surface area contributed by atoms with Gasteiger partial charge in [0.1, 0.15) is 0 Å². The van der Waals surface area contributed by atoms with Gasteiger partial charge in [-0.15, -0.1) is 0 Å². The Morgan fingerprint density at radius 1 is 1.07 bits per heavy atom. The molecule has 28 heavy (non-hydrogen) atoms. The van der Waals surface area contributed by atoms with Crippen molar-refractivity contribution >= 4 is 23.5 Å². The monoisotopic (exact) mass is 415 g/mol. The molecule has 0 aliphatic heterocycles. The molecule has 158 valence electrons. The minimum atomic E-state index is -2.27. The molecule has 7 nitrogen and oxygen atoms in total. The van der Waals surface area contributed by atoms with Crippen molar-refractivity contribution in [2.24, 2.45) is 5.92 Å². The fourth-order valence-electron chi connectivity index (χ4n) is 3.54. The Kier molecular flexibility index (Phi) is 9.36. The van der Waals surface area contributed by atoms with Crippen LogP contribution in [0.25, 0.3) is 0 Å². The van der Waals surface area contributed by atoms with E-state index in [0.717, 1.165) is 10.9 Å². The summed E-state index contributed by atoms with van der Waals surface area (Å²) >= 11 is 6.01. The summed E-state index contributed by atoms with van der Waals surface area (Å²) in [6.45, 7) is 4.61. The number of rotatable bonds is 8. The van der Waals surface area contributed by atoms with Crippen molar-refractivity contribution in [2.75, 3.05) is 7.05 Å². The zero-order valence-electron chi connectivity index (χ0n) is 16.4. The van der Waals surface area contributed by atoms with Gasteiger partial charge in [-0.3, -0.25) is 0 Å². The van der Waals surface area contributed by atoms with E-state index in [2.05, 4.69) is 38.3 Å². The van der Waals surface area contributed by atoms with Crippen LogP contribution in [0.1, 0.15) is 45.1 Å². The maximum Gasteiger partial charge on any atom is 0.335 e. The van der Waals surface area contributed by atoms with Crippen molar-refractivity contribution in [2.45, 2.75) is 63.2 Å². The second-order valence-electron chi connectivity index (χ2n) is 7.55. The summed E-state index contributed by atoms with van der Waals surface area (Å²) in [6.07, 6.45) is 0.646. The number of carboxylic acid groups (broad SMARTS) is 2. The average molecular weight is 416 g/mol. The van der Waals surface area contributed by atoms with Crippen molar-refractivity contribution in [3.8, 4) is 0 Å². The highest BCUT2D eigenvalue weighted by Crippen LogP contribution is 2.48. The van der Waals surface area contributed by atoms with Crippen LogP contribution in [0.3, 0.4) is 0 Å². The Labute approximate surface area is 170 Å². The van der Waals surface area contributed by atoms with Crippen LogP contribution in [0.4, 0.5) is 0 Å². The van der Waals surface area contributed by atoms with Crippen LogP contribution in [-0.2, 0) is 15.0 Å².